The zero-order valence-corrected chi connectivity index (χ0v) is 29.6. The van der Waals surface area contributed by atoms with Gasteiger partial charge in [0.1, 0.15) is 22.9 Å². The molecule has 1 unspecified atom stereocenters. The van der Waals surface area contributed by atoms with Crippen molar-refractivity contribution >= 4 is 67.3 Å². The average Bonchev–Trinajstić information content (AvgIpc) is 3.62. The second-order valence-electron chi connectivity index (χ2n) is 13.7. The second kappa shape index (κ2) is 12.8. The molecule has 0 bridgehead atoms. The molecule has 0 spiro atoms. The number of aromatic nitrogens is 1. The molecule has 264 valence electrons. The first-order valence-corrected chi connectivity index (χ1v) is 17.6. The van der Waals surface area contributed by atoms with E-state index in [1.807, 2.05) is 110 Å². The highest BCUT2D eigenvalue weighted by Crippen LogP contribution is 2.38. The SMILES string of the molecule is CN1n2c(/c(=C\c3ccc(NNc4cccc5ccccc45)c(O)c3)c3cc(O)ccc32)=CC1(C)c1ccc(/N=N/c2cccc3ccccc23)c(O)c1. The van der Waals surface area contributed by atoms with E-state index in [4.69, 9.17) is 0 Å². The predicted molar refractivity (Wildman–Crippen MR) is 218 cm³/mol. The molecule has 54 heavy (non-hydrogen) atoms. The largest absolute Gasteiger partial charge is 0.508 e. The molecule has 0 saturated heterocycles. The third-order valence-corrected chi connectivity index (χ3v) is 10.4. The average molecular weight is 709 g/mol. The van der Waals surface area contributed by atoms with Crippen molar-refractivity contribution in [2.75, 3.05) is 22.9 Å². The number of azo groups is 1. The third kappa shape index (κ3) is 5.50. The number of nitrogens with one attached hydrogen (secondary N) is 2. The zero-order valence-electron chi connectivity index (χ0n) is 29.6. The molecule has 1 aliphatic heterocycles. The highest BCUT2D eigenvalue weighted by molar-refractivity contribution is 5.94. The van der Waals surface area contributed by atoms with Crippen LogP contribution >= 0.6 is 0 Å². The van der Waals surface area contributed by atoms with Gasteiger partial charge >= 0.3 is 0 Å². The van der Waals surface area contributed by atoms with Gasteiger partial charge in [0, 0.05) is 28.4 Å². The van der Waals surface area contributed by atoms with Crippen LogP contribution in [0.2, 0.25) is 0 Å². The van der Waals surface area contributed by atoms with Crippen LogP contribution in [0.4, 0.5) is 22.7 Å². The Morgan fingerprint density at radius 3 is 2.11 bits per heavy atom. The third-order valence-electron chi connectivity index (χ3n) is 10.4. The van der Waals surface area contributed by atoms with Crippen LogP contribution < -0.4 is 26.4 Å². The molecule has 1 aromatic heterocycles. The fraction of sp³-hybridized carbons (Fsp3) is 0.0667. The van der Waals surface area contributed by atoms with Crippen LogP contribution in [0, 0.1) is 0 Å². The summed E-state index contributed by atoms with van der Waals surface area (Å²) in [5, 5.41) is 50.8. The molecule has 0 radical (unpaired) electrons. The van der Waals surface area contributed by atoms with Gasteiger partial charge in [0.15, 0.2) is 0 Å². The molecule has 0 fully saturated rings. The van der Waals surface area contributed by atoms with Crippen molar-refractivity contribution in [1.82, 2.24) is 4.68 Å². The van der Waals surface area contributed by atoms with Crippen molar-refractivity contribution in [1.29, 1.82) is 0 Å². The van der Waals surface area contributed by atoms with E-state index in [1.165, 1.54) is 0 Å². The molecule has 0 amide bonds. The molecule has 0 saturated carbocycles. The fourth-order valence-corrected chi connectivity index (χ4v) is 7.46. The lowest BCUT2D eigenvalue weighted by molar-refractivity contribution is 0.469. The number of nitrogens with zero attached hydrogens (tertiary/aromatic N) is 4. The maximum Gasteiger partial charge on any atom is 0.143 e. The quantitative estimate of drug-likeness (QED) is 0.0641. The van der Waals surface area contributed by atoms with Crippen molar-refractivity contribution in [2.45, 2.75) is 12.5 Å². The summed E-state index contributed by atoms with van der Waals surface area (Å²) in [5.41, 5.74) is 10.8. The van der Waals surface area contributed by atoms with Crippen LogP contribution in [0.25, 0.3) is 44.6 Å². The van der Waals surface area contributed by atoms with Gasteiger partial charge in [-0.15, -0.1) is 10.2 Å². The molecule has 8 aromatic rings. The van der Waals surface area contributed by atoms with Gasteiger partial charge in [-0.05, 0) is 95.6 Å². The highest BCUT2D eigenvalue weighted by atomic mass is 16.3. The number of phenolic OH excluding ortho intramolecular Hbond substituents is 3. The molecule has 1 atom stereocenters. The summed E-state index contributed by atoms with van der Waals surface area (Å²) in [6, 6.07) is 44.3. The summed E-state index contributed by atoms with van der Waals surface area (Å²) >= 11 is 0. The monoisotopic (exact) mass is 708 g/mol. The van der Waals surface area contributed by atoms with E-state index >= 15 is 0 Å². The summed E-state index contributed by atoms with van der Waals surface area (Å²) in [5.74, 6) is 0.266. The van der Waals surface area contributed by atoms with Crippen LogP contribution in [-0.2, 0) is 5.54 Å². The zero-order chi connectivity index (χ0) is 37.0. The van der Waals surface area contributed by atoms with E-state index in [1.54, 1.807) is 30.3 Å². The Labute approximate surface area is 310 Å². The van der Waals surface area contributed by atoms with E-state index < -0.39 is 5.54 Å². The topological polar surface area (TPSA) is 118 Å². The maximum absolute atomic E-state index is 11.2. The first-order valence-electron chi connectivity index (χ1n) is 17.6. The molecule has 5 N–H and O–H groups in total. The van der Waals surface area contributed by atoms with Crippen molar-refractivity contribution in [3.8, 4) is 17.2 Å². The van der Waals surface area contributed by atoms with Gasteiger partial charge in [0.05, 0.1) is 33.5 Å². The molecule has 0 aliphatic carbocycles. The summed E-state index contributed by atoms with van der Waals surface area (Å²) in [6.45, 7) is 2.09. The molecule has 9 nitrogen and oxygen atoms in total. The van der Waals surface area contributed by atoms with Crippen LogP contribution in [0.3, 0.4) is 0 Å². The van der Waals surface area contributed by atoms with Crippen molar-refractivity contribution in [2.24, 2.45) is 10.2 Å². The van der Waals surface area contributed by atoms with Crippen LogP contribution in [-0.4, -0.2) is 27.0 Å². The van der Waals surface area contributed by atoms with Gasteiger partial charge in [0.2, 0.25) is 0 Å². The lowest BCUT2D eigenvalue weighted by Gasteiger charge is -2.35. The van der Waals surface area contributed by atoms with Gasteiger partial charge in [-0.3, -0.25) is 10.1 Å². The van der Waals surface area contributed by atoms with Crippen LogP contribution in [0.15, 0.2) is 150 Å². The van der Waals surface area contributed by atoms with E-state index in [2.05, 4.69) is 55.9 Å². The molecule has 7 aromatic carbocycles. The first-order chi connectivity index (χ1) is 26.3. The van der Waals surface area contributed by atoms with E-state index in [0.29, 0.717) is 11.4 Å². The summed E-state index contributed by atoms with van der Waals surface area (Å²) < 4.78 is 2.12. The van der Waals surface area contributed by atoms with E-state index in [-0.39, 0.29) is 17.2 Å². The van der Waals surface area contributed by atoms with Crippen LogP contribution in [0.5, 0.6) is 17.2 Å². The number of phenols is 3. The number of benzene rings is 7. The molecular formula is C45H36N6O3. The van der Waals surface area contributed by atoms with Gasteiger partial charge in [-0.25, -0.2) is 0 Å². The minimum absolute atomic E-state index is 0.0248. The molecule has 9 rings (SSSR count). The molecule has 9 heteroatoms. The van der Waals surface area contributed by atoms with Crippen molar-refractivity contribution < 1.29 is 15.3 Å². The van der Waals surface area contributed by atoms with Gasteiger partial charge in [-0.1, -0.05) is 84.9 Å². The maximum atomic E-state index is 11.2. The Kier molecular flexibility index (Phi) is 7.71. The van der Waals surface area contributed by atoms with E-state index in [0.717, 1.165) is 65.5 Å². The number of anilines is 2. The smallest absolute Gasteiger partial charge is 0.143 e. The summed E-state index contributed by atoms with van der Waals surface area (Å²) in [6.07, 6.45) is 4.17. The van der Waals surface area contributed by atoms with Crippen LogP contribution in [0.1, 0.15) is 18.1 Å². The Morgan fingerprint density at radius 2 is 1.31 bits per heavy atom. The van der Waals surface area contributed by atoms with E-state index in [9.17, 15) is 15.3 Å². The molecular weight excluding hydrogens is 673 g/mol. The lowest BCUT2D eigenvalue weighted by atomic mass is 9.91. The highest BCUT2D eigenvalue weighted by Gasteiger charge is 2.36. The number of hydrogen-bond acceptors (Lipinski definition) is 8. The Balaban J connectivity index is 1.06. The van der Waals surface area contributed by atoms with Gasteiger partial charge < -0.3 is 25.8 Å². The Bertz CT molecular complexity index is 2930. The van der Waals surface area contributed by atoms with Gasteiger partial charge in [0.25, 0.3) is 0 Å². The van der Waals surface area contributed by atoms with Crippen molar-refractivity contribution in [3.05, 3.63) is 161 Å². The normalized spacial score (nSPS) is 15.7. The number of aromatic hydroxyl groups is 3. The van der Waals surface area contributed by atoms with Gasteiger partial charge in [-0.2, -0.15) is 0 Å². The molecule has 1 aliphatic rings. The molecule has 2 heterocycles. The predicted octanol–water partition coefficient (Wildman–Crippen LogP) is 9.03. The summed E-state index contributed by atoms with van der Waals surface area (Å²) in [4.78, 5) is 0. The lowest BCUT2D eigenvalue weighted by Crippen LogP contribution is -2.44. The minimum atomic E-state index is -0.657. The number of fused-ring (bicyclic) bond motifs is 5. The Hall–Kier alpha value is -7.26. The number of hydrazine groups is 1. The summed E-state index contributed by atoms with van der Waals surface area (Å²) in [7, 11) is 2.00. The second-order valence-corrected chi connectivity index (χ2v) is 13.7. The standard InChI is InChI=1S/C45H36N6O3/c1-45(31-18-21-40(44(54)25-31)49-47-38-16-8-12-30-10-4-6-14-34(30)38)27-42-35(36-26-32(52)19-22-41(36)51(42)50(45)2)23-28-17-20-39(43(53)24-28)48-46-37-15-7-11-29-9-3-5-13-33(29)37/h3-27,46,48,52-54H,1-2H3/b35-23-,49-47+. The number of rotatable bonds is 7. The number of hydrogen-bond donors (Lipinski definition) is 5. The van der Waals surface area contributed by atoms with Crippen molar-refractivity contribution in [3.63, 3.8) is 0 Å². The first kappa shape index (κ1) is 32.6. The Morgan fingerprint density at radius 1 is 0.611 bits per heavy atom. The fourth-order valence-electron chi connectivity index (χ4n) is 7.46. The minimum Gasteiger partial charge on any atom is -0.508 e.